The van der Waals surface area contributed by atoms with Crippen molar-refractivity contribution in [1.29, 1.82) is 0 Å². The van der Waals surface area contributed by atoms with E-state index in [-0.39, 0.29) is 11.4 Å². The molecule has 5 rings (SSSR count). The van der Waals surface area contributed by atoms with Crippen molar-refractivity contribution in [3.05, 3.63) is 82.9 Å². The van der Waals surface area contributed by atoms with Crippen molar-refractivity contribution < 1.29 is 24.6 Å². The van der Waals surface area contributed by atoms with Crippen molar-refractivity contribution in [3.63, 3.8) is 0 Å². The molecule has 6 N–H and O–H groups in total. The Morgan fingerprint density at radius 1 is 1.14 bits per heavy atom. The maximum Gasteiger partial charge on any atom is 0.328 e. The quantitative estimate of drug-likeness (QED) is 0.252. The number of aliphatic hydroxyl groups excluding tert-OH is 1. The lowest BCUT2D eigenvalue weighted by molar-refractivity contribution is -0.139. The second-order valence-corrected chi connectivity index (χ2v) is 9.27. The molecule has 0 fully saturated rings. The summed E-state index contributed by atoms with van der Waals surface area (Å²) in [4.78, 5) is 42.6. The molecule has 1 aliphatic rings. The van der Waals surface area contributed by atoms with E-state index in [1.54, 1.807) is 48.5 Å². The number of carboxylic acid groups (broad SMARTS) is 1. The number of aliphatic carboxylic acids is 1. The largest absolute Gasteiger partial charge is 0.480 e. The van der Waals surface area contributed by atoms with Crippen LogP contribution in [-0.4, -0.2) is 39.1 Å². The van der Waals surface area contributed by atoms with Crippen LogP contribution in [0.25, 0.3) is 10.2 Å². The zero-order chi connectivity index (χ0) is 25.4. The third-order valence-electron chi connectivity index (χ3n) is 5.80. The van der Waals surface area contributed by atoms with E-state index in [1.807, 2.05) is 18.2 Å². The molecule has 3 amide bonds. The number of rotatable bonds is 6. The number of fused-ring (bicyclic) bond motifs is 2. The van der Waals surface area contributed by atoms with E-state index in [4.69, 9.17) is 5.73 Å². The zero-order valence-corrected chi connectivity index (χ0v) is 19.5. The molecule has 1 aromatic heterocycles. The minimum absolute atomic E-state index is 0.0143. The first kappa shape index (κ1) is 23.3. The molecule has 11 heteroatoms. The SMILES string of the molecule is Nc1ccc2c(c1)C(O)N(c1ccc(CC(NC(=O)c3nc4ccccc4s3)C(=O)O)cc1)C(=O)N2. The van der Waals surface area contributed by atoms with E-state index in [2.05, 4.69) is 15.6 Å². The Hall–Kier alpha value is -4.48. The van der Waals surface area contributed by atoms with Gasteiger partial charge in [0.25, 0.3) is 5.91 Å². The average molecular weight is 504 g/mol. The molecule has 10 nitrogen and oxygen atoms in total. The molecular weight excluding hydrogens is 482 g/mol. The van der Waals surface area contributed by atoms with Crippen LogP contribution in [0.5, 0.6) is 0 Å². The number of nitrogens with one attached hydrogen (secondary N) is 2. The third-order valence-corrected chi connectivity index (χ3v) is 6.84. The first-order valence-corrected chi connectivity index (χ1v) is 11.8. The number of hydrogen-bond acceptors (Lipinski definition) is 7. The van der Waals surface area contributed by atoms with Crippen LogP contribution in [0.2, 0.25) is 0 Å². The van der Waals surface area contributed by atoms with Gasteiger partial charge in [0.1, 0.15) is 6.04 Å². The minimum Gasteiger partial charge on any atom is -0.480 e. The standard InChI is InChI=1S/C25H21N5O5S/c26-14-7-10-17-16(12-14)23(32)30(25(35)29-17)15-8-5-13(6-9-15)11-19(24(33)34)27-21(31)22-28-18-3-1-2-4-20(18)36-22/h1-10,12,19,23,32H,11,26H2,(H,27,31)(H,29,35)(H,33,34). The lowest BCUT2D eigenvalue weighted by Gasteiger charge is -2.34. The summed E-state index contributed by atoms with van der Waals surface area (Å²) in [6, 6.07) is 16.9. The summed E-state index contributed by atoms with van der Waals surface area (Å²) in [6.07, 6.45) is -1.23. The van der Waals surface area contributed by atoms with Crippen molar-refractivity contribution in [3.8, 4) is 0 Å². The molecule has 0 bridgehead atoms. The molecule has 2 unspecified atom stereocenters. The number of benzene rings is 3. The summed E-state index contributed by atoms with van der Waals surface area (Å²) in [7, 11) is 0. The molecule has 0 spiro atoms. The maximum absolute atomic E-state index is 12.7. The van der Waals surface area contributed by atoms with Crippen LogP contribution in [-0.2, 0) is 11.2 Å². The summed E-state index contributed by atoms with van der Waals surface area (Å²) in [5, 5.41) is 25.9. The van der Waals surface area contributed by atoms with Crippen LogP contribution in [0.3, 0.4) is 0 Å². The van der Waals surface area contributed by atoms with Gasteiger partial charge in [-0.3, -0.25) is 9.69 Å². The van der Waals surface area contributed by atoms with Gasteiger partial charge < -0.3 is 26.6 Å². The Labute approximate surface area is 209 Å². The van der Waals surface area contributed by atoms with Gasteiger partial charge in [-0.05, 0) is 48.0 Å². The number of nitrogens with two attached hydrogens (primary N) is 1. The summed E-state index contributed by atoms with van der Waals surface area (Å²) in [5.74, 6) is -1.75. The third kappa shape index (κ3) is 4.44. The fourth-order valence-corrected chi connectivity index (χ4v) is 4.88. The van der Waals surface area contributed by atoms with E-state index in [9.17, 15) is 24.6 Å². The number of anilines is 3. The van der Waals surface area contributed by atoms with Gasteiger partial charge in [0.15, 0.2) is 11.2 Å². The number of carbonyl (C=O) groups is 3. The number of hydrogen-bond donors (Lipinski definition) is 5. The lowest BCUT2D eigenvalue weighted by Crippen LogP contribution is -2.43. The van der Waals surface area contributed by atoms with Crippen LogP contribution < -0.4 is 21.3 Å². The lowest BCUT2D eigenvalue weighted by atomic mass is 10.0. The van der Waals surface area contributed by atoms with Gasteiger partial charge in [-0.25, -0.2) is 14.6 Å². The highest BCUT2D eigenvalue weighted by molar-refractivity contribution is 7.20. The van der Waals surface area contributed by atoms with Gasteiger partial charge in [0, 0.05) is 23.4 Å². The minimum atomic E-state index is -1.25. The molecule has 3 aromatic carbocycles. The van der Waals surface area contributed by atoms with Gasteiger partial charge in [0.05, 0.1) is 15.9 Å². The fourth-order valence-electron chi connectivity index (χ4n) is 4.01. The predicted molar refractivity (Wildman–Crippen MR) is 136 cm³/mol. The highest BCUT2D eigenvalue weighted by Crippen LogP contribution is 2.35. The Kier molecular flexibility index (Phi) is 6.00. The Balaban J connectivity index is 1.31. The molecule has 0 aliphatic carbocycles. The maximum atomic E-state index is 12.7. The van der Waals surface area contributed by atoms with Gasteiger partial charge in [-0.15, -0.1) is 11.3 Å². The molecule has 1 aliphatic heterocycles. The van der Waals surface area contributed by atoms with E-state index in [0.29, 0.717) is 33.7 Å². The molecule has 0 radical (unpaired) electrons. The number of thiazole rings is 1. The molecule has 0 saturated heterocycles. The topological polar surface area (TPSA) is 158 Å². The van der Waals surface area contributed by atoms with Crippen molar-refractivity contribution in [1.82, 2.24) is 10.3 Å². The molecule has 0 saturated carbocycles. The average Bonchev–Trinajstić information content (AvgIpc) is 3.30. The number of aromatic nitrogens is 1. The number of carboxylic acids is 1. The monoisotopic (exact) mass is 503 g/mol. The van der Waals surface area contributed by atoms with Gasteiger partial charge in [-0.1, -0.05) is 24.3 Å². The van der Waals surface area contributed by atoms with E-state index in [1.165, 1.54) is 16.2 Å². The molecule has 2 heterocycles. The van der Waals surface area contributed by atoms with Crippen LogP contribution in [0.1, 0.15) is 27.2 Å². The first-order chi connectivity index (χ1) is 17.3. The number of urea groups is 1. The number of para-hydroxylation sites is 1. The number of amides is 3. The fraction of sp³-hybridized carbons (Fsp3) is 0.120. The normalized spacial score (nSPS) is 15.8. The molecule has 4 aromatic rings. The van der Waals surface area contributed by atoms with Crippen LogP contribution in [0.15, 0.2) is 66.7 Å². The second-order valence-electron chi connectivity index (χ2n) is 8.24. The Morgan fingerprint density at radius 2 is 1.89 bits per heavy atom. The van der Waals surface area contributed by atoms with Gasteiger partial charge >= 0.3 is 12.0 Å². The highest BCUT2D eigenvalue weighted by atomic mass is 32.1. The smallest absolute Gasteiger partial charge is 0.328 e. The Bertz CT molecular complexity index is 1450. The van der Waals surface area contributed by atoms with Crippen LogP contribution in [0.4, 0.5) is 21.9 Å². The van der Waals surface area contributed by atoms with E-state index in [0.717, 1.165) is 4.70 Å². The first-order valence-electron chi connectivity index (χ1n) is 11.0. The highest BCUT2D eigenvalue weighted by Gasteiger charge is 2.32. The number of aliphatic hydroxyl groups is 1. The second kappa shape index (κ2) is 9.29. The summed E-state index contributed by atoms with van der Waals surface area (Å²) >= 11 is 1.19. The molecule has 36 heavy (non-hydrogen) atoms. The van der Waals surface area contributed by atoms with Crippen molar-refractivity contribution in [2.45, 2.75) is 18.7 Å². The van der Waals surface area contributed by atoms with Crippen molar-refractivity contribution in [2.24, 2.45) is 0 Å². The number of nitrogens with zero attached hydrogens (tertiary/aromatic N) is 2. The Morgan fingerprint density at radius 3 is 2.61 bits per heavy atom. The molecular formula is C25H21N5O5S. The van der Waals surface area contributed by atoms with Crippen LogP contribution in [0, 0.1) is 0 Å². The molecule has 2 atom stereocenters. The number of carbonyl (C=O) groups excluding carboxylic acids is 2. The zero-order valence-electron chi connectivity index (χ0n) is 18.7. The van der Waals surface area contributed by atoms with Crippen molar-refractivity contribution in [2.75, 3.05) is 16.0 Å². The van der Waals surface area contributed by atoms with Gasteiger partial charge in [0.2, 0.25) is 0 Å². The predicted octanol–water partition coefficient (Wildman–Crippen LogP) is 3.35. The van der Waals surface area contributed by atoms with Gasteiger partial charge in [-0.2, -0.15) is 0 Å². The van der Waals surface area contributed by atoms with Crippen LogP contribution >= 0.6 is 11.3 Å². The van der Waals surface area contributed by atoms with E-state index >= 15 is 0 Å². The number of nitrogen functional groups attached to an aromatic ring is 1. The van der Waals surface area contributed by atoms with Crippen molar-refractivity contribution >= 4 is 56.5 Å². The van der Waals surface area contributed by atoms with E-state index < -0.39 is 30.2 Å². The summed E-state index contributed by atoms with van der Waals surface area (Å²) < 4.78 is 0.833. The molecule has 182 valence electrons. The summed E-state index contributed by atoms with van der Waals surface area (Å²) in [5.41, 5.74) is 8.90. The summed E-state index contributed by atoms with van der Waals surface area (Å²) in [6.45, 7) is 0.